The lowest BCUT2D eigenvalue weighted by Gasteiger charge is -2.06. The van der Waals surface area contributed by atoms with Gasteiger partial charge in [0.1, 0.15) is 0 Å². The zero-order valence-electron chi connectivity index (χ0n) is 9.93. The molecule has 0 saturated heterocycles. The number of fused-ring (bicyclic) bond motifs is 1. The lowest BCUT2D eigenvalue weighted by atomic mass is 10.1. The molecule has 0 spiro atoms. The Morgan fingerprint density at radius 2 is 1.95 bits per heavy atom. The van der Waals surface area contributed by atoms with Crippen molar-refractivity contribution in [1.82, 2.24) is 4.98 Å². The van der Waals surface area contributed by atoms with Crippen molar-refractivity contribution < 1.29 is 18.7 Å². The number of aromatic carboxylic acids is 1. The van der Waals surface area contributed by atoms with Crippen LogP contribution in [-0.2, 0) is 0 Å². The average molecular weight is 291 g/mol. The van der Waals surface area contributed by atoms with Crippen molar-refractivity contribution in [2.24, 2.45) is 0 Å². The number of hydrogen-bond acceptors (Lipinski definition) is 3. The van der Waals surface area contributed by atoms with Crippen molar-refractivity contribution in [3.05, 3.63) is 52.2 Å². The van der Waals surface area contributed by atoms with Crippen LogP contribution in [0.15, 0.2) is 35.0 Å². The van der Waals surface area contributed by atoms with Crippen molar-refractivity contribution in [2.75, 3.05) is 0 Å². The summed E-state index contributed by atoms with van der Waals surface area (Å²) in [6.45, 7) is 0. The number of rotatable bonds is 2. The maximum atomic E-state index is 13.3. The van der Waals surface area contributed by atoms with E-state index in [1.165, 1.54) is 17.4 Å². The molecular formula is C14H7F2NO2S. The summed E-state index contributed by atoms with van der Waals surface area (Å²) in [5, 5.41) is 12.9. The molecule has 3 rings (SSSR count). The van der Waals surface area contributed by atoms with Crippen LogP contribution in [0.1, 0.15) is 10.4 Å². The van der Waals surface area contributed by atoms with E-state index in [-0.39, 0.29) is 16.5 Å². The summed E-state index contributed by atoms with van der Waals surface area (Å²) in [5.74, 6) is -3.35. The van der Waals surface area contributed by atoms with Crippen molar-refractivity contribution >= 4 is 28.2 Å². The summed E-state index contributed by atoms with van der Waals surface area (Å²) in [7, 11) is 0. The van der Waals surface area contributed by atoms with Gasteiger partial charge in [-0.25, -0.2) is 18.6 Å². The molecule has 0 aliphatic rings. The van der Waals surface area contributed by atoms with Crippen molar-refractivity contribution in [1.29, 1.82) is 0 Å². The second-order valence-corrected chi connectivity index (χ2v) is 4.94. The molecule has 0 aliphatic carbocycles. The van der Waals surface area contributed by atoms with Crippen LogP contribution in [0.25, 0.3) is 22.2 Å². The molecule has 3 nitrogen and oxygen atoms in total. The van der Waals surface area contributed by atoms with Gasteiger partial charge in [0, 0.05) is 22.4 Å². The van der Waals surface area contributed by atoms with E-state index in [1.807, 2.05) is 5.38 Å². The minimum absolute atomic E-state index is 0.0791. The Kier molecular flexibility index (Phi) is 2.94. The first-order chi connectivity index (χ1) is 9.56. The number of aromatic nitrogens is 1. The molecule has 3 aromatic rings. The van der Waals surface area contributed by atoms with E-state index in [2.05, 4.69) is 4.98 Å². The van der Waals surface area contributed by atoms with E-state index in [0.29, 0.717) is 5.69 Å². The highest BCUT2D eigenvalue weighted by Crippen LogP contribution is 2.27. The number of nitrogens with zero attached hydrogens (tertiary/aromatic N) is 1. The Hall–Kier alpha value is -2.34. The van der Waals surface area contributed by atoms with Gasteiger partial charge in [0.15, 0.2) is 11.6 Å². The first kappa shape index (κ1) is 12.7. The second-order valence-electron chi connectivity index (χ2n) is 4.16. The van der Waals surface area contributed by atoms with E-state index >= 15 is 0 Å². The molecule has 100 valence electrons. The van der Waals surface area contributed by atoms with Crippen LogP contribution in [0.5, 0.6) is 0 Å². The predicted molar refractivity (Wildman–Crippen MR) is 71.9 cm³/mol. The maximum Gasteiger partial charge on any atom is 0.336 e. The summed E-state index contributed by atoms with van der Waals surface area (Å²) in [6, 6.07) is 4.92. The highest BCUT2D eigenvalue weighted by molar-refractivity contribution is 7.08. The van der Waals surface area contributed by atoms with Crippen LogP contribution in [-0.4, -0.2) is 16.1 Å². The summed E-state index contributed by atoms with van der Waals surface area (Å²) < 4.78 is 26.6. The Bertz CT molecular complexity index is 816. The van der Waals surface area contributed by atoms with Gasteiger partial charge in [0.05, 0.1) is 16.8 Å². The van der Waals surface area contributed by atoms with Crippen LogP contribution in [0.4, 0.5) is 8.78 Å². The molecule has 20 heavy (non-hydrogen) atoms. The summed E-state index contributed by atoms with van der Waals surface area (Å²) in [4.78, 5) is 15.5. The monoisotopic (exact) mass is 291 g/mol. The third kappa shape index (κ3) is 2.04. The Morgan fingerprint density at radius 3 is 2.60 bits per heavy atom. The van der Waals surface area contributed by atoms with Gasteiger partial charge < -0.3 is 5.11 Å². The molecule has 6 heteroatoms. The fraction of sp³-hybridized carbons (Fsp3) is 0. The van der Waals surface area contributed by atoms with E-state index in [1.54, 1.807) is 11.4 Å². The van der Waals surface area contributed by atoms with E-state index in [4.69, 9.17) is 0 Å². The predicted octanol–water partition coefficient (Wildman–Crippen LogP) is 3.94. The summed E-state index contributed by atoms with van der Waals surface area (Å²) in [6.07, 6.45) is 0. The first-order valence-electron chi connectivity index (χ1n) is 5.62. The van der Waals surface area contributed by atoms with Crippen molar-refractivity contribution in [3.63, 3.8) is 0 Å². The highest BCUT2D eigenvalue weighted by Gasteiger charge is 2.15. The molecule has 0 atom stereocenters. The fourth-order valence-corrected chi connectivity index (χ4v) is 2.61. The molecule has 2 aromatic heterocycles. The van der Waals surface area contributed by atoms with Crippen molar-refractivity contribution in [2.45, 2.75) is 0 Å². The molecule has 0 radical (unpaired) electrons. The maximum absolute atomic E-state index is 13.3. The number of halogens is 2. The van der Waals surface area contributed by atoms with Gasteiger partial charge in [-0.1, -0.05) is 0 Å². The number of hydrogen-bond donors (Lipinski definition) is 1. The molecule has 0 bridgehead atoms. The molecule has 0 unspecified atom stereocenters. The van der Waals surface area contributed by atoms with Gasteiger partial charge in [-0.2, -0.15) is 11.3 Å². The summed E-state index contributed by atoms with van der Waals surface area (Å²) >= 11 is 1.44. The molecule has 0 saturated carbocycles. The first-order valence-corrected chi connectivity index (χ1v) is 6.56. The molecule has 1 N–H and O–H groups in total. The average Bonchev–Trinajstić information content (AvgIpc) is 2.92. The molecular weight excluding hydrogens is 284 g/mol. The Balaban J connectivity index is 2.36. The van der Waals surface area contributed by atoms with Gasteiger partial charge in [0.25, 0.3) is 0 Å². The quantitative estimate of drug-likeness (QED) is 0.778. The molecule has 0 fully saturated rings. The van der Waals surface area contributed by atoms with Gasteiger partial charge in [-0.05, 0) is 23.6 Å². The van der Waals surface area contributed by atoms with Crippen LogP contribution in [0.3, 0.4) is 0 Å². The molecule has 0 aliphatic heterocycles. The van der Waals surface area contributed by atoms with Crippen LogP contribution >= 0.6 is 11.3 Å². The lowest BCUT2D eigenvalue weighted by Crippen LogP contribution is -2.01. The number of carbonyl (C=O) groups is 1. The van der Waals surface area contributed by atoms with Gasteiger partial charge in [-0.15, -0.1) is 0 Å². The number of carboxylic acid groups (broad SMARTS) is 1. The molecule has 2 heterocycles. The Morgan fingerprint density at radius 1 is 1.20 bits per heavy atom. The molecule has 0 amide bonds. The lowest BCUT2D eigenvalue weighted by molar-refractivity contribution is 0.0699. The van der Waals surface area contributed by atoms with Crippen LogP contribution in [0, 0.1) is 11.6 Å². The Labute approximate surface area is 116 Å². The molecule has 1 aromatic carbocycles. The second kappa shape index (κ2) is 4.64. The third-order valence-electron chi connectivity index (χ3n) is 2.90. The number of pyridine rings is 1. The van der Waals surface area contributed by atoms with E-state index in [0.717, 1.165) is 17.7 Å². The summed E-state index contributed by atoms with van der Waals surface area (Å²) in [5.41, 5.74) is 1.17. The SMILES string of the molecule is O=C(O)c1cc(-c2ccsc2)nc2cc(F)c(F)cc12. The zero-order chi connectivity index (χ0) is 14.3. The highest BCUT2D eigenvalue weighted by atomic mass is 32.1. The van der Waals surface area contributed by atoms with Crippen LogP contribution in [0.2, 0.25) is 0 Å². The zero-order valence-corrected chi connectivity index (χ0v) is 10.7. The van der Waals surface area contributed by atoms with Crippen LogP contribution < -0.4 is 0 Å². The third-order valence-corrected chi connectivity index (χ3v) is 3.58. The fourth-order valence-electron chi connectivity index (χ4n) is 1.96. The minimum Gasteiger partial charge on any atom is -0.478 e. The van der Waals surface area contributed by atoms with E-state index in [9.17, 15) is 18.7 Å². The largest absolute Gasteiger partial charge is 0.478 e. The normalized spacial score (nSPS) is 10.9. The number of thiophene rings is 1. The topological polar surface area (TPSA) is 50.2 Å². The smallest absolute Gasteiger partial charge is 0.336 e. The van der Waals surface area contributed by atoms with Gasteiger partial charge >= 0.3 is 5.97 Å². The number of benzene rings is 1. The van der Waals surface area contributed by atoms with E-state index < -0.39 is 17.6 Å². The standard InChI is InChI=1S/C14H7F2NO2S/c15-10-3-8-9(14(18)19)4-12(7-1-2-20-6-7)17-13(8)5-11(10)16/h1-6H,(H,18,19). The van der Waals surface area contributed by atoms with Crippen molar-refractivity contribution in [3.8, 4) is 11.3 Å². The van der Waals surface area contributed by atoms with Gasteiger partial charge in [-0.3, -0.25) is 0 Å². The number of carboxylic acids is 1. The minimum atomic E-state index is -1.21. The van der Waals surface area contributed by atoms with Gasteiger partial charge in [0.2, 0.25) is 0 Å².